The third-order valence-electron chi connectivity index (χ3n) is 2.79. The summed E-state index contributed by atoms with van der Waals surface area (Å²) in [7, 11) is 0. The molecule has 122 valence electrons. The first-order valence-electron chi connectivity index (χ1n) is 7.03. The van der Waals surface area contributed by atoms with E-state index in [2.05, 4.69) is 9.73 Å². The molecule has 2 aromatic rings. The van der Waals surface area contributed by atoms with Gasteiger partial charge in [0.2, 0.25) is 0 Å². The highest BCUT2D eigenvalue weighted by molar-refractivity contribution is 5.82. The number of hydrogen-bond donors (Lipinski definition) is 0. The van der Waals surface area contributed by atoms with E-state index in [1.54, 1.807) is 18.3 Å². The highest BCUT2D eigenvalue weighted by Gasteiger charge is 2.28. The van der Waals surface area contributed by atoms with E-state index in [-0.39, 0.29) is 5.75 Å². The molecular weight excluding hydrogens is 307 g/mol. The van der Waals surface area contributed by atoms with E-state index >= 15 is 0 Å². The fourth-order valence-electron chi connectivity index (χ4n) is 1.76. The standard InChI is InChI=1S/C17H16F3NO2/c1-2-22-15-7-3-13(4-8-15)11-21-14-5-9-16(10-6-14)23-12-17(18,19)20/h3-11H,2,12H2,1H3. The van der Waals surface area contributed by atoms with E-state index in [0.717, 1.165) is 11.3 Å². The number of benzene rings is 2. The van der Waals surface area contributed by atoms with Crippen LogP contribution in [0.3, 0.4) is 0 Å². The molecule has 23 heavy (non-hydrogen) atoms. The molecule has 0 saturated heterocycles. The van der Waals surface area contributed by atoms with Crippen LogP contribution in [0, 0.1) is 0 Å². The average Bonchev–Trinajstić information content (AvgIpc) is 2.53. The normalized spacial score (nSPS) is 11.7. The number of halogens is 3. The highest BCUT2D eigenvalue weighted by Crippen LogP contribution is 2.21. The zero-order chi connectivity index (χ0) is 16.7. The lowest BCUT2D eigenvalue weighted by Crippen LogP contribution is -2.19. The summed E-state index contributed by atoms with van der Waals surface area (Å²) in [5.74, 6) is 0.943. The van der Waals surface area contributed by atoms with Crippen molar-refractivity contribution in [2.45, 2.75) is 13.1 Å². The van der Waals surface area contributed by atoms with E-state index in [9.17, 15) is 13.2 Å². The Hall–Kier alpha value is -2.50. The van der Waals surface area contributed by atoms with E-state index in [0.29, 0.717) is 12.3 Å². The quantitative estimate of drug-likeness (QED) is 0.717. The molecule has 0 saturated carbocycles. The molecule has 0 bridgehead atoms. The minimum absolute atomic E-state index is 0.155. The molecule has 0 unspecified atom stereocenters. The van der Waals surface area contributed by atoms with Crippen molar-refractivity contribution in [3.05, 3.63) is 54.1 Å². The molecule has 2 rings (SSSR count). The Balaban J connectivity index is 1.94. The van der Waals surface area contributed by atoms with Crippen LogP contribution >= 0.6 is 0 Å². The molecule has 0 aliphatic heterocycles. The lowest BCUT2D eigenvalue weighted by molar-refractivity contribution is -0.153. The topological polar surface area (TPSA) is 30.8 Å². The largest absolute Gasteiger partial charge is 0.494 e. The van der Waals surface area contributed by atoms with Crippen LogP contribution in [0.2, 0.25) is 0 Å². The molecule has 0 radical (unpaired) electrons. The zero-order valence-corrected chi connectivity index (χ0v) is 12.5. The summed E-state index contributed by atoms with van der Waals surface area (Å²) in [4.78, 5) is 4.26. The van der Waals surface area contributed by atoms with Gasteiger partial charge in [-0.15, -0.1) is 0 Å². The molecule has 0 aromatic heterocycles. The van der Waals surface area contributed by atoms with Crippen LogP contribution in [0.5, 0.6) is 11.5 Å². The number of rotatable bonds is 6. The van der Waals surface area contributed by atoms with Crippen LogP contribution in [0.25, 0.3) is 0 Å². The first-order chi connectivity index (χ1) is 11.0. The van der Waals surface area contributed by atoms with Crippen molar-refractivity contribution in [3.8, 4) is 11.5 Å². The summed E-state index contributed by atoms with van der Waals surface area (Å²) in [6, 6.07) is 13.5. The summed E-state index contributed by atoms with van der Waals surface area (Å²) in [5.41, 5.74) is 1.52. The molecular formula is C17H16F3NO2. The number of ether oxygens (including phenoxy) is 2. The number of aliphatic imine (C=N–C) groups is 1. The second-order valence-corrected chi connectivity index (χ2v) is 4.66. The highest BCUT2D eigenvalue weighted by atomic mass is 19.4. The van der Waals surface area contributed by atoms with Gasteiger partial charge in [-0.2, -0.15) is 13.2 Å². The second-order valence-electron chi connectivity index (χ2n) is 4.66. The molecule has 0 aliphatic rings. The SMILES string of the molecule is CCOc1ccc(C=Nc2ccc(OCC(F)(F)F)cc2)cc1. The fraction of sp³-hybridized carbons (Fsp3) is 0.235. The Morgan fingerprint density at radius 1 is 0.913 bits per heavy atom. The van der Waals surface area contributed by atoms with Crippen molar-refractivity contribution in [2.24, 2.45) is 4.99 Å². The van der Waals surface area contributed by atoms with Gasteiger partial charge in [0.1, 0.15) is 11.5 Å². The van der Waals surface area contributed by atoms with Crippen molar-refractivity contribution in [1.82, 2.24) is 0 Å². The maximum Gasteiger partial charge on any atom is 0.422 e. The van der Waals surface area contributed by atoms with Gasteiger partial charge in [-0.3, -0.25) is 4.99 Å². The summed E-state index contributed by atoms with van der Waals surface area (Å²) in [5, 5.41) is 0. The van der Waals surface area contributed by atoms with Crippen molar-refractivity contribution in [2.75, 3.05) is 13.2 Å². The Morgan fingerprint density at radius 2 is 1.48 bits per heavy atom. The van der Waals surface area contributed by atoms with Crippen LogP contribution in [0.15, 0.2) is 53.5 Å². The monoisotopic (exact) mass is 323 g/mol. The Kier molecular flexibility index (Phi) is 5.62. The predicted octanol–water partition coefficient (Wildman–Crippen LogP) is 4.78. The van der Waals surface area contributed by atoms with Crippen molar-refractivity contribution in [3.63, 3.8) is 0 Å². The lowest BCUT2D eigenvalue weighted by atomic mass is 10.2. The van der Waals surface area contributed by atoms with Gasteiger partial charge >= 0.3 is 6.18 Å². The second kappa shape index (κ2) is 7.67. The Morgan fingerprint density at radius 3 is 2.04 bits per heavy atom. The molecule has 0 atom stereocenters. The molecule has 0 fully saturated rings. The Bertz CT molecular complexity index is 634. The van der Waals surface area contributed by atoms with E-state index < -0.39 is 12.8 Å². The van der Waals surface area contributed by atoms with Gasteiger partial charge in [0.25, 0.3) is 0 Å². The molecule has 6 heteroatoms. The van der Waals surface area contributed by atoms with Crippen LogP contribution in [-0.4, -0.2) is 25.6 Å². The summed E-state index contributed by atoms with van der Waals surface area (Å²) < 4.78 is 46.1. The van der Waals surface area contributed by atoms with Gasteiger partial charge in [0, 0.05) is 6.21 Å². The molecule has 0 aliphatic carbocycles. The van der Waals surface area contributed by atoms with Crippen LogP contribution in [-0.2, 0) is 0 Å². The van der Waals surface area contributed by atoms with Crippen molar-refractivity contribution < 1.29 is 22.6 Å². The third kappa shape index (κ3) is 6.02. The number of alkyl halides is 3. The summed E-state index contributed by atoms with van der Waals surface area (Å²) >= 11 is 0. The summed E-state index contributed by atoms with van der Waals surface area (Å²) in [6.45, 7) is 1.22. The molecule has 0 heterocycles. The van der Waals surface area contributed by atoms with Gasteiger partial charge in [0.15, 0.2) is 6.61 Å². The average molecular weight is 323 g/mol. The summed E-state index contributed by atoms with van der Waals surface area (Å²) in [6.07, 6.45) is -2.67. The predicted molar refractivity (Wildman–Crippen MR) is 82.9 cm³/mol. The third-order valence-corrected chi connectivity index (χ3v) is 2.79. The zero-order valence-electron chi connectivity index (χ0n) is 12.5. The molecule has 0 N–H and O–H groups in total. The first kappa shape index (κ1) is 16.9. The maximum absolute atomic E-state index is 12.0. The smallest absolute Gasteiger partial charge is 0.422 e. The van der Waals surface area contributed by atoms with E-state index in [1.165, 1.54) is 12.1 Å². The maximum atomic E-state index is 12.0. The van der Waals surface area contributed by atoms with Crippen LogP contribution in [0.4, 0.5) is 18.9 Å². The Labute approximate surface area is 132 Å². The van der Waals surface area contributed by atoms with Gasteiger partial charge in [-0.05, 0) is 61.0 Å². The lowest BCUT2D eigenvalue weighted by Gasteiger charge is -2.08. The minimum atomic E-state index is -4.34. The molecule has 0 amide bonds. The number of nitrogens with zero attached hydrogens (tertiary/aromatic N) is 1. The van der Waals surface area contributed by atoms with Crippen molar-refractivity contribution >= 4 is 11.9 Å². The molecule has 2 aromatic carbocycles. The van der Waals surface area contributed by atoms with Gasteiger partial charge < -0.3 is 9.47 Å². The van der Waals surface area contributed by atoms with Crippen LogP contribution in [0.1, 0.15) is 12.5 Å². The molecule has 3 nitrogen and oxygen atoms in total. The van der Waals surface area contributed by atoms with Crippen LogP contribution < -0.4 is 9.47 Å². The minimum Gasteiger partial charge on any atom is -0.494 e. The van der Waals surface area contributed by atoms with Gasteiger partial charge in [0.05, 0.1) is 12.3 Å². The number of hydrogen-bond acceptors (Lipinski definition) is 3. The van der Waals surface area contributed by atoms with Gasteiger partial charge in [-0.1, -0.05) is 0 Å². The van der Waals surface area contributed by atoms with Gasteiger partial charge in [-0.25, -0.2) is 0 Å². The van der Waals surface area contributed by atoms with E-state index in [4.69, 9.17) is 4.74 Å². The first-order valence-corrected chi connectivity index (χ1v) is 7.03. The van der Waals surface area contributed by atoms with Crippen molar-refractivity contribution in [1.29, 1.82) is 0 Å². The fourth-order valence-corrected chi connectivity index (χ4v) is 1.76. The molecule has 0 spiro atoms. The van der Waals surface area contributed by atoms with E-state index in [1.807, 2.05) is 31.2 Å².